The molecule has 0 aromatic heterocycles. The lowest BCUT2D eigenvalue weighted by Crippen LogP contribution is -2.35. The van der Waals surface area contributed by atoms with Gasteiger partial charge in [0.25, 0.3) is 0 Å². The third-order valence-corrected chi connectivity index (χ3v) is 4.70. The summed E-state index contributed by atoms with van der Waals surface area (Å²) in [6.45, 7) is 12.9. The Labute approximate surface area is 109 Å². The van der Waals surface area contributed by atoms with Gasteiger partial charge in [0.1, 0.15) is 0 Å². The highest BCUT2D eigenvalue weighted by molar-refractivity contribution is 4.80. The van der Waals surface area contributed by atoms with Crippen LogP contribution in [-0.2, 0) is 0 Å². The van der Waals surface area contributed by atoms with Gasteiger partial charge in [-0.15, -0.1) is 0 Å². The van der Waals surface area contributed by atoms with Crippen molar-refractivity contribution in [2.45, 2.75) is 79.2 Å². The molecule has 0 aromatic carbocycles. The summed E-state index contributed by atoms with van der Waals surface area (Å²) in [5.41, 5.74) is 0.448. The first-order valence-electron chi connectivity index (χ1n) is 7.66. The average molecular weight is 239 g/mol. The standard InChI is InChI=1S/C16H33N/c1-6-17-15(11-13(2)16(3,4)5)12-14-9-7-8-10-14/h13-15,17H,6-12H2,1-5H3. The molecule has 1 aliphatic carbocycles. The number of nitrogens with one attached hydrogen (secondary N) is 1. The molecule has 0 amide bonds. The van der Waals surface area contributed by atoms with Crippen LogP contribution in [0.2, 0.25) is 0 Å². The molecule has 102 valence electrons. The largest absolute Gasteiger partial charge is 0.314 e. The summed E-state index contributed by atoms with van der Waals surface area (Å²) in [5.74, 6) is 1.80. The maximum absolute atomic E-state index is 3.71. The van der Waals surface area contributed by atoms with E-state index in [0.29, 0.717) is 5.41 Å². The summed E-state index contributed by atoms with van der Waals surface area (Å²) in [7, 11) is 0. The van der Waals surface area contributed by atoms with Crippen LogP contribution in [0.4, 0.5) is 0 Å². The first kappa shape index (κ1) is 15.0. The molecule has 0 bridgehead atoms. The molecule has 2 unspecified atom stereocenters. The van der Waals surface area contributed by atoms with Crippen LogP contribution in [-0.4, -0.2) is 12.6 Å². The topological polar surface area (TPSA) is 12.0 Å². The second-order valence-corrected chi connectivity index (χ2v) is 7.14. The fraction of sp³-hybridized carbons (Fsp3) is 1.00. The molecule has 0 saturated heterocycles. The number of hydrogen-bond donors (Lipinski definition) is 1. The molecule has 0 radical (unpaired) electrons. The van der Waals surface area contributed by atoms with Crippen LogP contribution in [0.15, 0.2) is 0 Å². The quantitative estimate of drug-likeness (QED) is 0.713. The van der Waals surface area contributed by atoms with E-state index in [1.54, 1.807) is 0 Å². The Bertz CT molecular complexity index is 198. The minimum absolute atomic E-state index is 0.448. The van der Waals surface area contributed by atoms with Crippen molar-refractivity contribution in [2.24, 2.45) is 17.3 Å². The molecule has 2 atom stereocenters. The van der Waals surface area contributed by atoms with Crippen LogP contribution in [0.25, 0.3) is 0 Å². The fourth-order valence-electron chi connectivity index (χ4n) is 2.98. The maximum Gasteiger partial charge on any atom is 0.00723 e. The third-order valence-electron chi connectivity index (χ3n) is 4.70. The molecular weight excluding hydrogens is 206 g/mol. The van der Waals surface area contributed by atoms with Crippen LogP contribution in [0, 0.1) is 17.3 Å². The van der Waals surface area contributed by atoms with E-state index in [1.165, 1.54) is 38.5 Å². The summed E-state index contributed by atoms with van der Waals surface area (Å²) in [4.78, 5) is 0. The lowest BCUT2D eigenvalue weighted by atomic mass is 9.77. The van der Waals surface area contributed by atoms with E-state index in [9.17, 15) is 0 Å². The van der Waals surface area contributed by atoms with E-state index in [4.69, 9.17) is 0 Å². The van der Waals surface area contributed by atoms with Crippen molar-refractivity contribution in [3.8, 4) is 0 Å². The molecule has 1 rings (SSSR count). The molecule has 1 nitrogen and oxygen atoms in total. The molecule has 1 fully saturated rings. The van der Waals surface area contributed by atoms with Crippen molar-refractivity contribution in [1.82, 2.24) is 5.32 Å². The summed E-state index contributed by atoms with van der Waals surface area (Å²) < 4.78 is 0. The Morgan fingerprint density at radius 2 is 1.76 bits per heavy atom. The number of hydrogen-bond acceptors (Lipinski definition) is 1. The second-order valence-electron chi connectivity index (χ2n) is 7.14. The highest BCUT2D eigenvalue weighted by atomic mass is 14.9. The van der Waals surface area contributed by atoms with Crippen molar-refractivity contribution in [3.05, 3.63) is 0 Å². The molecule has 1 heteroatoms. The van der Waals surface area contributed by atoms with Crippen LogP contribution < -0.4 is 5.32 Å². The highest BCUT2D eigenvalue weighted by Gasteiger charge is 2.25. The van der Waals surface area contributed by atoms with Crippen molar-refractivity contribution in [1.29, 1.82) is 0 Å². The molecule has 17 heavy (non-hydrogen) atoms. The Morgan fingerprint density at radius 3 is 2.24 bits per heavy atom. The molecule has 0 aliphatic heterocycles. The van der Waals surface area contributed by atoms with E-state index >= 15 is 0 Å². The van der Waals surface area contributed by atoms with E-state index in [2.05, 4.69) is 39.9 Å². The van der Waals surface area contributed by atoms with Crippen molar-refractivity contribution in [2.75, 3.05) is 6.54 Å². The minimum Gasteiger partial charge on any atom is -0.314 e. The zero-order valence-corrected chi connectivity index (χ0v) is 12.7. The smallest absolute Gasteiger partial charge is 0.00723 e. The normalized spacial score (nSPS) is 21.7. The van der Waals surface area contributed by atoms with Gasteiger partial charge in [0.2, 0.25) is 0 Å². The highest BCUT2D eigenvalue weighted by Crippen LogP contribution is 2.33. The second kappa shape index (κ2) is 6.78. The van der Waals surface area contributed by atoms with E-state index in [-0.39, 0.29) is 0 Å². The van der Waals surface area contributed by atoms with E-state index < -0.39 is 0 Å². The summed E-state index contributed by atoms with van der Waals surface area (Å²) in [6, 6.07) is 0.748. The molecular formula is C16H33N. The molecule has 0 spiro atoms. The Hall–Kier alpha value is -0.0400. The Kier molecular flexibility index (Phi) is 5.99. The molecule has 0 heterocycles. The SMILES string of the molecule is CCNC(CC1CCCC1)CC(C)C(C)(C)C. The maximum atomic E-state index is 3.71. The van der Waals surface area contributed by atoms with Gasteiger partial charge in [0.05, 0.1) is 0 Å². The van der Waals surface area contributed by atoms with Gasteiger partial charge in [-0.2, -0.15) is 0 Å². The van der Waals surface area contributed by atoms with Crippen molar-refractivity contribution >= 4 is 0 Å². The van der Waals surface area contributed by atoms with Gasteiger partial charge in [-0.3, -0.25) is 0 Å². The fourth-order valence-corrected chi connectivity index (χ4v) is 2.98. The monoisotopic (exact) mass is 239 g/mol. The zero-order valence-electron chi connectivity index (χ0n) is 12.7. The summed E-state index contributed by atoms with van der Waals surface area (Å²) >= 11 is 0. The predicted molar refractivity (Wildman–Crippen MR) is 77.3 cm³/mol. The Morgan fingerprint density at radius 1 is 1.18 bits per heavy atom. The first-order chi connectivity index (χ1) is 7.93. The number of rotatable bonds is 6. The van der Waals surface area contributed by atoms with Gasteiger partial charge in [-0.25, -0.2) is 0 Å². The Balaban J connectivity index is 2.41. The minimum atomic E-state index is 0.448. The molecule has 1 aliphatic rings. The van der Waals surface area contributed by atoms with Gasteiger partial charge < -0.3 is 5.32 Å². The molecule has 0 aromatic rings. The van der Waals surface area contributed by atoms with Crippen molar-refractivity contribution in [3.63, 3.8) is 0 Å². The third kappa shape index (κ3) is 5.42. The van der Waals surface area contributed by atoms with E-state index in [1.807, 2.05) is 0 Å². The molecule has 1 saturated carbocycles. The lowest BCUT2D eigenvalue weighted by molar-refractivity contribution is 0.211. The van der Waals surface area contributed by atoms with Gasteiger partial charge in [-0.05, 0) is 36.6 Å². The van der Waals surface area contributed by atoms with Gasteiger partial charge in [0, 0.05) is 6.04 Å². The molecule has 1 N–H and O–H groups in total. The van der Waals surface area contributed by atoms with E-state index in [0.717, 1.165) is 24.4 Å². The van der Waals surface area contributed by atoms with Crippen LogP contribution >= 0.6 is 0 Å². The lowest BCUT2D eigenvalue weighted by Gasteiger charge is -2.32. The summed E-state index contributed by atoms with van der Waals surface area (Å²) in [6.07, 6.45) is 8.65. The summed E-state index contributed by atoms with van der Waals surface area (Å²) in [5, 5.41) is 3.71. The van der Waals surface area contributed by atoms with Gasteiger partial charge in [-0.1, -0.05) is 60.3 Å². The van der Waals surface area contributed by atoms with Gasteiger partial charge >= 0.3 is 0 Å². The average Bonchev–Trinajstić information content (AvgIpc) is 2.69. The predicted octanol–water partition coefficient (Wildman–Crippen LogP) is 4.62. The van der Waals surface area contributed by atoms with Crippen LogP contribution in [0.5, 0.6) is 0 Å². The van der Waals surface area contributed by atoms with Crippen LogP contribution in [0.1, 0.15) is 73.1 Å². The van der Waals surface area contributed by atoms with Crippen molar-refractivity contribution < 1.29 is 0 Å². The zero-order chi connectivity index (χ0) is 12.9. The van der Waals surface area contributed by atoms with Crippen LogP contribution in [0.3, 0.4) is 0 Å². The van der Waals surface area contributed by atoms with Gasteiger partial charge in [0.15, 0.2) is 0 Å². The first-order valence-corrected chi connectivity index (χ1v) is 7.66.